The smallest absolute Gasteiger partial charge is 0.240 e. The van der Waals surface area contributed by atoms with Gasteiger partial charge in [0.1, 0.15) is 0 Å². The summed E-state index contributed by atoms with van der Waals surface area (Å²) < 4.78 is 0. The van der Waals surface area contributed by atoms with Crippen LogP contribution in [0.1, 0.15) is 19.8 Å². The third kappa shape index (κ3) is 2.10. The highest BCUT2D eigenvalue weighted by atomic mass is 16.2. The first-order valence-corrected chi connectivity index (χ1v) is 4.79. The van der Waals surface area contributed by atoms with Crippen molar-refractivity contribution < 1.29 is 4.79 Å². The Bertz CT molecular complexity index is 203. The molecule has 1 aliphatic heterocycles. The molecule has 74 valence electrons. The number of nitrogens with zero attached hydrogens (tertiary/aromatic N) is 1. The summed E-state index contributed by atoms with van der Waals surface area (Å²) in [5, 5.41) is 3.02. The molecule has 1 aliphatic rings. The van der Waals surface area contributed by atoms with Gasteiger partial charge in [0.25, 0.3) is 0 Å². The maximum Gasteiger partial charge on any atom is 0.240 e. The van der Waals surface area contributed by atoms with Crippen LogP contribution >= 0.6 is 0 Å². The Morgan fingerprint density at radius 2 is 2.54 bits per heavy atom. The standard InChI is InChI=1S/C10H18N2O/c1-4-5-8(2)12-7-6-9(11-3)10(12)13/h4,8-9,11H,1,5-7H2,2-3H3. The molecule has 0 bridgehead atoms. The van der Waals surface area contributed by atoms with Gasteiger partial charge >= 0.3 is 0 Å². The molecule has 0 aliphatic carbocycles. The maximum absolute atomic E-state index is 11.7. The van der Waals surface area contributed by atoms with Crippen LogP contribution in [0.5, 0.6) is 0 Å². The van der Waals surface area contributed by atoms with Crippen LogP contribution in [0.4, 0.5) is 0 Å². The Hall–Kier alpha value is -0.830. The zero-order valence-electron chi connectivity index (χ0n) is 8.42. The largest absolute Gasteiger partial charge is 0.338 e. The van der Waals surface area contributed by atoms with E-state index in [1.807, 2.05) is 18.0 Å². The summed E-state index contributed by atoms with van der Waals surface area (Å²) in [6.45, 7) is 6.62. The quantitative estimate of drug-likeness (QED) is 0.651. The van der Waals surface area contributed by atoms with E-state index in [0.717, 1.165) is 19.4 Å². The Morgan fingerprint density at radius 1 is 1.85 bits per heavy atom. The van der Waals surface area contributed by atoms with Crippen LogP contribution in [0, 0.1) is 0 Å². The van der Waals surface area contributed by atoms with Gasteiger partial charge in [-0.3, -0.25) is 4.79 Å². The Balaban J connectivity index is 2.53. The average Bonchev–Trinajstić information content (AvgIpc) is 2.47. The number of hydrogen-bond donors (Lipinski definition) is 1. The highest BCUT2D eigenvalue weighted by Gasteiger charge is 2.32. The first kappa shape index (κ1) is 10.3. The first-order valence-electron chi connectivity index (χ1n) is 4.79. The van der Waals surface area contributed by atoms with Crippen LogP contribution in [0.15, 0.2) is 12.7 Å². The van der Waals surface area contributed by atoms with E-state index < -0.39 is 0 Å². The minimum absolute atomic E-state index is 0.0345. The summed E-state index contributed by atoms with van der Waals surface area (Å²) in [5.41, 5.74) is 0. The predicted octanol–water partition coefficient (Wildman–Crippen LogP) is 0.771. The Morgan fingerprint density at radius 3 is 3.00 bits per heavy atom. The van der Waals surface area contributed by atoms with Crippen LogP contribution in [0.2, 0.25) is 0 Å². The van der Waals surface area contributed by atoms with Gasteiger partial charge in [0.15, 0.2) is 0 Å². The molecule has 0 aromatic heterocycles. The lowest BCUT2D eigenvalue weighted by atomic mass is 10.2. The number of nitrogens with one attached hydrogen (secondary N) is 1. The molecule has 0 radical (unpaired) electrons. The summed E-state index contributed by atoms with van der Waals surface area (Å²) in [6, 6.07) is 0.329. The van der Waals surface area contributed by atoms with Crippen molar-refractivity contribution in [3.8, 4) is 0 Å². The average molecular weight is 182 g/mol. The van der Waals surface area contributed by atoms with Crippen molar-refractivity contribution in [2.75, 3.05) is 13.6 Å². The lowest BCUT2D eigenvalue weighted by molar-refractivity contribution is -0.130. The first-order chi connectivity index (χ1) is 6.20. The van der Waals surface area contributed by atoms with Crippen LogP contribution in [-0.4, -0.2) is 36.5 Å². The van der Waals surface area contributed by atoms with Gasteiger partial charge in [-0.25, -0.2) is 0 Å². The van der Waals surface area contributed by atoms with Crippen molar-refractivity contribution in [3.05, 3.63) is 12.7 Å². The van der Waals surface area contributed by atoms with Gasteiger partial charge in [0.05, 0.1) is 6.04 Å². The minimum atomic E-state index is 0.0345. The number of likely N-dealkylation sites (tertiary alicyclic amines) is 1. The fourth-order valence-electron chi connectivity index (χ4n) is 1.78. The third-order valence-electron chi connectivity index (χ3n) is 2.63. The zero-order valence-corrected chi connectivity index (χ0v) is 8.42. The Kier molecular flexibility index (Phi) is 3.48. The molecule has 0 aromatic carbocycles. The minimum Gasteiger partial charge on any atom is -0.338 e. The van der Waals surface area contributed by atoms with Crippen molar-refractivity contribution in [1.82, 2.24) is 10.2 Å². The molecule has 3 nitrogen and oxygen atoms in total. The number of amides is 1. The van der Waals surface area contributed by atoms with E-state index in [2.05, 4.69) is 18.8 Å². The molecule has 2 atom stereocenters. The number of carbonyl (C=O) groups excluding carboxylic acids is 1. The molecule has 3 heteroatoms. The fraction of sp³-hybridized carbons (Fsp3) is 0.700. The number of rotatable bonds is 4. The molecular formula is C10H18N2O. The van der Waals surface area contributed by atoms with E-state index in [0.29, 0.717) is 6.04 Å². The molecule has 2 unspecified atom stereocenters. The van der Waals surface area contributed by atoms with Crippen LogP contribution < -0.4 is 5.32 Å². The lowest BCUT2D eigenvalue weighted by Crippen LogP contribution is -2.40. The fourth-order valence-corrected chi connectivity index (χ4v) is 1.78. The van der Waals surface area contributed by atoms with Gasteiger partial charge in [-0.05, 0) is 26.8 Å². The normalized spacial score (nSPS) is 24.9. The monoisotopic (exact) mass is 182 g/mol. The SMILES string of the molecule is C=CCC(C)N1CCC(NC)C1=O. The van der Waals surface area contributed by atoms with Gasteiger partial charge in [0, 0.05) is 12.6 Å². The summed E-state index contributed by atoms with van der Waals surface area (Å²) in [6.07, 6.45) is 3.67. The second-order valence-electron chi connectivity index (χ2n) is 3.53. The molecule has 0 aromatic rings. The second-order valence-corrected chi connectivity index (χ2v) is 3.53. The summed E-state index contributed by atoms with van der Waals surface area (Å²) in [7, 11) is 1.84. The summed E-state index contributed by atoms with van der Waals surface area (Å²) >= 11 is 0. The predicted molar refractivity (Wildman–Crippen MR) is 53.5 cm³/mol. The lowest BCUT2D eigenvalue weighted by Gasteiger charge is -2.23. The molecule has 1 amide bonds. The van der Waals surface area contributed by atoms with Gasteiger partial charge in [-0.1, -0.05) is 6.08 Å². The molecular weight excluding hydrogens is 164 g/mol. The van der Waals surface area contributed by atoms with E-state index >= 15 is 0 Å². The molecule has 13 heavy (non-hydrogen) atoms. The van der Waals surface area contributed by atoms with Crippen molar-refractivity contribution in [1.29, 1.82) is 0 Å². The third-order valence-corrected chi connectivity index (χ3v) is 2.63. The molecule has 1 saturated heterocycles. The number of likely N-dealkylation sites (N-methyl/N-ethyl adjacent to an activating group) is 1. The van der Waals surface area contributed by atoms with Crippen molar-refractivity contribution >= 4 is 5.91 Å². The van der Waals surface area contributed by atoms with E-state index in [1.165, 1.54) is 0 Å². The van der Waals surface area contributed by atoms with Crippen molar-refractivity contribution in [3.63, 3.8) is 0 Å². The van der Waals surface area contributed by atoms with E-state index in [1.54, 1.807) is 0 Å². The van der Waals surface area contributed by atoms with E-state index in [-0.39, 0.29) is 11.9 Å². The van der Waals surface area contributed by atoms with Crippen LogP contribution in [0.25, 0.3) is 0 Å². The van der Waals surface area contributed by atoms with E-state index in [9.17, 15) is 4.79 Å². The van der Waals surface area contributed by atoms with Crippen molar-refractivity contribution in [2.24, 2.45) is 0 Å². The maximum atomic E-state index is 11.7. The van der Waals surface area contributed by atoms with Gasteiger partial charge < -0.3 is 10.2 Å². The van der Waals surface area contributed by atoms with Crippen molar-refractivity contribution in [2.45, 2.75) is 31.8 Å². The molecule has 1 rings (SSSR count). The molecule has 1 N–H and O–H groups in total. The molecule has 0 spiro atoms. The second kappa shape index (κ2) is 4.42. The van der Waals surface area contributed by atoms with E-state index in [4.69, 9.17) is 0 Å². The molecule has 1 heterocycles. The summed E-state index contributed by atoms with van der Waals surface area (Å²) in [4.78, 5) is 13.6. The van der Waals surface area contributed by atoms with Gasteiger partial charge in [-0.15, -0.1) is 6.58 Å². The van der Waals surface area contributed by atoms with Crippen LogP contribution in [-0.2, 0) is 4.79 Å². The number of hydrogen-bond acceptors (Lipinski definition) is 2. The topological polar surface area (TPSA) is 32.3 Å². The zero-order chi connectivity index (χ0) is 9.84. The molecule has 0 saturated carbocycles. The molecule has 1 fully saturated rings. The highest BCUT2D eigenvalue weighted by Crippen LogP contribution is 2.16. The Labute approximate surface area is 79.8 Å². The highest BCUT2D eigenvalue weighted by molar-refractivity contribution is 5.84. The summed E-state index contributed by atoms with van der Waals surface area (Å²) in [5.74, 6) is 0.233. The van der Waals surface area contributed by atoms with Crippen LogP contribution in [0.3, 0.4) is 0 Å². The number of carbonyl (C=O) groups is 1. The van der Waals surface area contributed by atoms with Gasteiger partial charge in [0.2, 0.25) is 5.91 Å². The van der Waals surface area contributed by atoms with Gasteiger partial charge in [-0.2, -0.15) is 0 Å².